The number of benzene rings is 1. The monoisotopic (exact) mass is 280 g/mol. The number of amides is 1. The van der Waals surface area contributed by atoms with Crippen LogP contribution >= 0.6 is 11.8 Å². The first-order chi connectivity index (χ1) is 9.21. The molecule has 2 N–H and O–H groups in total. The van der Waals surface area contributed by atoms with Crippen molar-refractivity contribution in [1.29, 1.82) is 0 Å². The molecule has 1 amide bonds. The number of thioether (sulfide) groups is 1. The van der Waals surface area contributed by atoms with Crippen LogP contribution in [0, 0.1) is 0 Å². The molecule has 1 unspecified atom stereocenters. The molecule has 5 nitrogen and oxygen atoms in total. The van der Waals surface area contributed by atoms with Crippen molar-refractivity contribution in [2.75, 3.05) is 26.6 Å². The fourth-order valence-corrected chi connectivity index (χ4v) is 3.90. The first-order valence-electron chi connectivity index (χ1n) is 6.14. The van der Waals surface area contributed by atoms with Crippen LogP contribution in [0.1, 0.15) is 12.0 Å². The van der Waals surface area contributed by atoms with E-state index >= 15 is 0 Å². The fraction of sp³-hybridized carbons (Fsp3) is 0.462. The number of methoxy groups -OCH3 is 2. The topological polar surface area (TPSA) is 59.6 Å². The Morgan fingerprint density at radius 3 is 2.63 bits per heavy atom. The second-order valence-corrected chi connectivity index (χ2v) is 5.70. The molecular formula is C13H16N2O3S. The van der Waals surface area contributed by atoms with E-state index in [4.69, 9.17) is 9.47 Å². The van der Waals surface area contributed by atoms with Crippen molar-refractivity contribution in [2.24, 2.45) is 0 Å². The van der Waals surface area contributed by atoms with Crippen molar-refractivity contribution in [3.05, 3.63) is 17.7 Å². The normalized spacial score (nSPS) is 25.1. The average molecular weight is 280 g/mol. The molecule has 1 fully saturated rings. The lowest BCUT2D eigenvalue weighted by Gasteiger charge is -2.33. The Labute approximate surface area is 116 Å². The minimum Gasteiger partial charge on any atom is -0.493 e. The van der Waals surface area contributed by atoms with Crippen molar-refractivity contribution >= 4 is 17.7 Å². The zero-order chi connectivity index (χ0) is 13.5. The van der Waals surface area contributed by atoms with Crippen molar-refractivity contribution in [3.8, 4) is 11.5 Å². The molecule has 1 aromatic rings. The minimum atomic E-state index is -0.611. The van der Waals surface area contributed by atoms with Gasteiger partial charge in [0.15, 0.2) is 11.5 Å². The molecule has 0 bridgehead atoms. The van der Waals surface area contributed by atoms with E-state index in [1.54, 1.807) is 26.0 Å². The predicted octanol–water partition coefficient (Wildman–Crippen LogP) is 1.07. The molecule has 19 heavy (non-hydrogen) atoms. The maximum absolute atomic E-state index is 12.2. The first-order valence-corrected chi connectivity index (χ1v) is 7.12. The summed E-state index contributed by atoms with van der Waals surface area (Å²) in [6.45, 7) is 0.511. The Hall–Kier alpha value is -1.40. The van der Waals surface area contributed by atoms with Gasteiger partial charge in [-0.2, -0.15) is 0 Å². The summed E-state index contributed by atoms with van der Waals surface area (Å²) in [6.07, 6.45) is 0.784. The van der Waals surface area contributed by atoms with Crippen molar-refractivity contribution in [3.63, 3.8) is 0 Å². The minimum absolute atomic E-state index is 0.0428. The highest BCUT2D eigenvalue weighted by Crippen LogP contribution is 2.46. The zero-order valence-corrected chi connectivity index (χ0v) is 11.7. The number of fused-ring (bicyclic) bond motifs is 2. The molecule has 102 valence electrons. The van der Waals surface area contributed by atoms with Crippen LogP contribution in [-0.2, 0) is 10.3 Å². The molecule has 1 atom stereocenters. The van der Waals surface area contributed by atoms with E-state index in [0.717, 1.165) is 22.6 Å². The Morgan fingerprint density at radius 2 is 2.00 bits per heavy atom. The number of carbonyl (C=O) groups is 1. The van der Waals surface area contributed by atoms with Gasteiger partial charge in [-0.15, -0.1) is 11.8 Å². The Balaban J connectivity index is 2.16. The Kier molecular flexibility index (Phi) is 3.06. The fourth-order valence-electron chi connectivity index (χ4n) is 2.69. The molecule has 2 aliphatic heterocycles. The zero-order valence-electron chi connectivity index (χ0n) is 10.9. The highest BCUT2D eigenvalue weighted by Gasteiger charge is 2.47. The SMILES string of the molecule is COc1cc2c(cc1OC)C1(CCS2)NCNC1=O. The van der Waals surface area contributed by atoms with Gasteiger partial charge in [0.2, 0.25) is 5.91 Å². The van der Waals surface area contributed by atoms with Gasteiger partial charge in [0, 0.05) is 10.6 Å². The third kappa shape index (κ3) is 1.78. The third-order valence-corrected chi connectivity index (χ3v) is 4.76. The van der Waals surface area contributed by atoms with Crippen LogP contribution in [0.25, 0.3) is 0 Å². The van der Waals surface area contributed by atoms with Gasteiger partial charge in [-0.25, -0.2) is 0 Å². The van der Waals surface area contributed by atoms with Crippen molar-refractivity contribution in [2.45, 2.75) is 16.9 Å². The van der Waals surface area contributed by atoms with E-state index < -0.39 is 5.54 Å². The molecule has 0 aliphatic carbocycles. The van der Waals surface area contributed by atoms with Crippen LogP contribution in [0.5, 0.6) is 11.5 Å². The van der Waals surface area contributed by atoms with E-state index in [2.05, 4.69) is 10.6 Å². The quantitative estimate of drug-likeness (QED) is 0.848. The van der Waals surface area contributed by atoms with E-state index in [1.165, 1.54) is 0 Å². The van der Waals surface area contributed by atoms with Gasteiger partial charge in [-0.3, -0.25) is 10.1 Å². The second-order valence-electron chi connectivity index (χ2n) is 4.57. The summed E-state index contributed by atoms with van der Waals surface area (Å²) in [6, 6.07) is 3.87. The van der Waals surface area contributed by atoms with Crippen LogP contribution in [0.2, 0.25) is 0 Å². The molecule has 1 spiro atoms. The van der Waals surface area contributed by atoms with E-state index in [9.17, 15) is 4.79 Å². The van der Waals surface area contributed by atoms with Gasteiger partial charge < -0.3 is 14.8 Å². The maximum Gasteiger partial charge on any atom is 0.246 e. The summed E-state index contributed by atoms with van der Waals surface area (Å²) in [5, 5.41) is 6.15. The molecular weight excluding hydrogens is 264 g/mol. The number of hydrogen-bond acceptors (Lipinski definition) is 5. The van der Waals surface area contributed by atoms with Gasteiger partial charge in [-0.05, 0) is 24.1 Å². The highest BCUT2D eigenvalue weighted by atomic mass is 32.2. The largest absolute Gasteiger partial charge is 0.493 e. The number of nitrogens with one attached hydrogen (secondary N) is 2. The Morgan fingerprint density at radius 1 is 1.26 bits per heavy atom. The van der Waals surface area contributed by atoms with Crippen LogP contribution in [0.3, 0.4) is 0 Å². The van der Waals surface area contributed by atoms with E-state index in [0.29, 0.717) is 18.2 Å². The number of carbonyl (C=O) groups excluding carboxylic acids is 1. The van der Waals surface area contributed by atoms with Crippen LogP contribution in [0.4, 0.5) is 0 Å². The van der Waals surface area contributed by atoms with Gasteiger partial charge in [-0.1, -0.05) is 0 Å². The van der Waals surface area contributed by atoms with Gasteiger partial charge in [0.25, 0.3) is 0 Å². The molecule has 0 radical (unpaired) electrons. The standard InChI is InChI=1S/C13H16N2O3S/c1-17-9-5-8-11(6-10(9)18-2)19-4-3-13(8)12(16)14-7-15-13/h5-6,15H,3-4,7H2,1-2H3,(H,14,16). The first kappa shape index (κ1) is 12.6. The van der Waals surface area contributed by atoms with Gasteiger partial charge in [0.05, 0.1) is 20.9 Å². The van der Waals surface area contributed by atoms with Crippen molar-refractivity contribution < 1.29 is 14.3 Å². The lowest BCUT2D eigenvalue weighted by molar-refractivity contribution is -0.124. The molecule has 2 heterocycles. The molecule has 1 aromatic carbocycles. The number of rotatable bonds is 2. The van der Waals surface area contributed by atoms with E-state index in [-0.39, 0.29) is 5.91 Å². The smallest absolute Gasteiger partial charge is 0.246 e. The number of hydrogen-bond donors (Lipinski definition) is 2. The summed E-state index contributed by atoms with van der Waals surface area (Å²) in [5.74, 6) is 2.30. The molecule has 0 aromatic heterocycles. The molecule has 6 heteroatoms. The van der Waals surface area contributed by atoms with Crippen LogP contribution in [0.15, 0.2) is 17.0 Å². The van der Waals surface area contributed by atoms with Crippen LogP contribution < -0.4 is 20.1 Å². The van der Waals surface area contributed by atoms with Gasteiger partial charge in [0.1, 0.15) is 5.54 Å². The molecule has 3 rings (SSSR count). The summed E-state index contributed by atoms with van der Waals surface area (Å²) in [7, 11) is 3.23. The maximum atomic E-state index is 12.2. The van der Waals surface area contributed by atoms with Gasteiger partial charge >= 0.3 is 0 Å². The van der Waals surface area contributed by atoms with Crippen LogP contribution in [-0.4, -0.2) is 32.5 Å². The summed E-state index contributed by atoms with van der Waals surface area (Å²) < 4.78 is 10.7. The summed E-state index contributed by atoms with van der Waals surface area (Å²) in [5.41, 5.74) is 0.372. The lowest BCUT2D eigenvalue weighted by Crippen LogP contribution is -2.45. The number of ether oxygens (including phenoxy) is 2. The van der Waals surface area contributed by atoms with Crippen molar-refractivity contribution in [1.82, 2.24) is 10.6 Å². The summed E-state index contributed by atoms with van der Waals surface area (Å²) >= 11 is 1.74. The molecule has 1 saturated heterocycles. The predicted molar refractivity (Wildman–Crippen MR) is 72.7 cm³/mol. The molecule has 0 saturated carbocycles. The lowest BCUT2D eigenvalue weighted by atomic mass is 9.86. The second kappa shape index (κ2) is 4.61. The Bertz CT molecular complexity index is 535. The van der Waals surface area contributed by atoms with E-state index in [1.807, 2.05) is 12.1 Å². The molecule has 2 aliphatic rings. The third-order valence-electron chi connectivity index (χ3n) is 3.71. The summed E-state index contributed by atoms with van der Waals surface area (Å²) in [4.78, 5) is 13.3. The average Bonchev–Trinajstić information content (AvgIpc) is 2.80. The highest BCUT2D eigenvalue weighted by molar-refractivity contribution is 7.99.